The molecular weight excluding hydrogens is 340 g/mol. The van der Waals surface area contributed by atoms with E-state index in [4.69, 9.17) is 0 Å². The smallest absolute Gasteiger partial charge is 0.134 e. The molecule has 0 spiro atoms. The van der Waals surface area contributed by atoms with Gasteiger partial charge >= 0.3 is 0 Å². The van der Waals surface area contributed by atoms with Gasteiger partial charge in [-0.3, -0.25) is 4.79 Å². The van der Waals surface area contributed by atoms with Crippen molar-refractivity contribution in [2.24, 2.45) is 11.8 Å². The quantitative estimate of drug-likeness (QED) is 0.488. The zero-order valence-corrected chi connectivity index (χ0v) is 17.9. The number of hydrogen-bond donors (Lipinski definition) is 0. The Morgan fingerprint density at radius 1 is 0.750 bits per heavy atom. The number of benzene rings is 2. The van der Waals surface area contributed by atoms with E-state index in [1.807, 2.05) is 0 Å². The minimum absolute atomic E-state index is 0.422. The third-order valence-electron chi connectivity index (χ3n) is 7.37. The Kier molecular flexibility index (Phi) is 5.45. The molecule has 0 unspecified atom stereocenters. The third kappa shape index (κ3) is 4.09. The molecule has 0 saturated heterocycles. The van der Waals surface area contributed by atoms with Crippen molar-refractivity contribution < 1.29 is 4.79 Å². The highest BCUT2D eigenvalue weighted by Gasteiger charge is 2.38. The minimum atomic E-state index is 0.422. The Labute approximate surface area is 170 Å². The fraction of sp³-hybridized carbons (Fsp3) is 0.519. The molecule has 1 nitrogen and oxygen atoms in total. The zero-order chi connectivity index (χ0) is 19.8. The van der Waals surface area contributed by atoms with Crippen LogP contribution in [0.3, 0.4) is 0 Å². The first-order valence-electron chi connectivity index (χ1n) is 11.1. The summed E-state index contributed by atoms with van der Waals surface area (Å²) in [6.07, 6.45) is 6.59. The van der Waals surface area contributed by atoms with Crippen LogP contribution < -0.4 is 0 Å². The van der Waals surface area contributed by atoms with Crippen LogP contribution in [0.1, 0.15) is 83.7 Å². The molecule has 28 heavy (non-hydrogen) atoms. The van der Waals surface area contributed by atoms with Gasteiger partial charge in [0.2, 0.25) is 0 Å². The largest absolute Gasteiger partial charge is 0.300 e. The van der Waals surface area contributed by atoms with Gasteiger partial charge in [-0.05, 0) is 110 Å². The van der Waals surface area contributed by atoms with Crippen molar-refractivity contribution in [3.8, 4) is 0 Å². The summed E-state index contributed by atoms with van der Waals surface area (Å²) in [6, 6.07) is 13.2. The second-order valence-electron chi connectivity index (χ2n) is 9.41. The lowest BCUT2D eigenvalue weighted by Gasteiger charge is -2.23. The first-order valence-corrected chi connectivity index (χ1v) is 11.1. The molecule has 0 aromatic heterocycles. The molecule has 0 heterocycles. The third-order valence-corrected chi connectivity index (χ3v) is 7.37. The normalized spacial score (nSPS) is 18.7. The van der Waals surface area contributed by atoms with E-state index >= 15 is 0 Å². The van der Waals surface area contributed by atoms with Crippen LogP contribution in [0.25, 0.3) is 0 Å². The number of ketones is 1. The summed E-state index contributed by atoms with van der Waals surface area (Å²) in [4.78, 5) is 13.3. The predicted octanol–water partition coefficient (Wildman–Crippen LogP) is 6.96. The number of hydrogen-bond acceptors (Lipinski definition) is 1. The number of Topliss-reactive ketones (excluding diaryl/α,β-unsaturated/α-hetero) is 1. The molecule has 148 valence electrons. The fourth-order valence-electron chi connectivity index (χ4n) is 4.98. The van der Waals surface area contributed by atoms with Gasteiger partial charge < -0.3 is 0 Å². The molecule has 0 amide bonds. The maximum absolute atomic E-state index is 13.3. The minimum Gasteiger partial charge on any atom is -0.300 e. The van der Waals surface area contributed by atoms with E-state index in [9.17, 15) is 4.79 Å². The lowest BCUT2D eigenvalue weighted by molar-refractivity contribution is -0.120. The topological polar surface area (TPSA) is 17.1 Å². The SMILES string of the molecule is Cc1cccc([C@H](CC(=O)C[C@@H](c2cccc(C)c2C)C2CC2)C2CC2)c1C. The van der Waals surface area contributed by atoms with Crippen molar-refractivity contribution in [3.05, 3.63) is 69.8 Å². The van der Waals surface area contributed by atoms with Crippen LogP contribution >= 0.6 is 0 Å². The van der Waals surface area contributed by atoms with Crippen molar-refractivity contribution in [2.75, 3.05) is 0 Å². The Bertz CT molecular complexity index is 798. The van der Waals surface area contributed by atoms with E-state index in [1.54, 1.807) is 0 Å². The van der Waals surface area contributed by atoms with Crippen molar-refractivity contribution in [1.29, 1.82) is 0 Å². The summed E-state index contributed by atoms with van der Waals surface area (Å²) < 4.78 is 0. The molecule has 1 heteroatoms. The molecule has 0 N–H and O–H groups in total. The molecule has 2 fully saturated rings. The Balaban J connectivity index is 1.53. The van der Waals surface area contributed by atoms with Gasteiger partial charge in [0.15, 0.2) is 0 Å². The van der Waals surface area contributed by atoms with Crippen molar-refractivity contribution >= 4 is 5.78 Å². The monoisotopic (exact) mass is 374 g/mol. The molecule has 2 aromatic carbocycles. The molecular formula is C27H34O. The second-order valence-corrected chi connectivity index (χ2v) is 9.41. The number of carbonyl (C=O) groups excluding carboxylic acids is 1. The number of rotatable bonds is 8. The van der Waals surface area contributed by atoms with E-state index in [-0.39, 0.29) is 0 Å². The average Bonchev–Trinajstić information content (AvgIpc) is 3.56. The summed E-state index contributed by atoms with van der Waals surface area (Å²) in [5, 5.41) is 0. The molecule has 0 aliphatic heterocycles. The van der Waals surface area contributed by atoms with Gasteiger partial charge in [-0.1, -0.05) is 36.4 Å². The maximum atomic E-state index is 13.3. The molecule has 2 aliphatic carbocycles. The van der Waals surface area contributed by atoms with Crippen LogP contribution in [0.5, 0.6) is 0 Å². The van der Waals surface area contributed by atoms with Gasteiger partial charge in [0.25, 0.3) is 0 Å². The van der Waals surface area contributed by atoms with Gasteiger partial charge in [-0.25, -0.2) is 0 Å². The highest BCUT2D eigenvalue weighted by molar-refractivity contribution is 5.80. The van der Waals surface area contributed by atoms with Crippen LogP contribution in [0.4, 0.5) is 0 Å². The van der Waals surface area contributed by atoms with Gasteiger partial charge in [-0.2, -0.15) is 0 Å². The summed E-state index contributed by atoms with van der Waals surface area (Å²) >= 11 is 0. The van der Waals surface area contributed by atoms with Gasteiger partial charge in [0, 0.05) is 12.8 Å². The Hall–Kier alpha value is -1.89. The van der Waals surface area contributed by atoms with Gasteiger partial charge in [-0.15, -0.1) is 0 Å². The highest BCUT2D eigenvalue weighted by atomic mass is 16.1. The molecule has 2 atom stereocenters. The lowest BCUT2D eigenvalue weighted by Crippen LogP contribution is -2.15. The summed E-state index contributed by atoms with van der Waals surface area (Å²) in [7, 11) is 0. The molecule has 2 saturated carbocycles. The average molecular weight is 375 g/mol. The van der Waals surface area contributed by atoms with Crippen molar-refractivity contribution in [2.45, 2.75) is 78.1 Å². The van der Waals surface area contributed by atoms with Gasteiger partial charge in [0.05, 0.1) is 0 Å². The highest BCUT2D eigenvalue weighted by Crippen LogP contribution is 2.48. The molecule has 0 bridgehead atoms. The standard InChI is InChI=1S/C27H34O/c1-17-7-5-9-24(19(17)3)26(21-11-12-21)15-23(28)16-27(22-13-14-22)25-10-6-8-18(2)20(25)4/h5-10,21-22,26-27H,11-16H2,1-4H3/t26-,27-/m1/s1. The van der Waals surface area contributed by atoms with E-state index in [1.165, 1.54) is 59.1 Å². The van der Waals surface area contributed by atoms with E-state index in [2.05, 4.69) is 64.1 Å². The van der Waals surface area contributed by atoms with Crippen LogP contribution in [0, 0.1) is 39.5 Å². The summed E-state index contributed by atoms with van der Waals surface area (Å²) in [5.41, 5.74) is 8.32. The van der Waals surface area contributed by atoms with Gasteiger partial charge in [0.1, 0.15) is 5.78 Å². The summed E-state index contributed by atoms with van der Waals surface area (Å²) in [5.74, 6) is 2.74. The summed E-state index contributed by atoms with van der Waals surface area (Å²) in [6.45, 7) is 8.84. The zero-order valence-electron chi connectivity index (χ0n) is 17.9. The maximum Gasteiger partial charge on any atom is 0.134 e. The van der Waals surface area contributed by atoms with E-state index < -0.39 is 0 Å². The van der Waals surface area contributed by atoms with Crippen LogP contribution in [0.15, 0.2) is 36.4 Å². The number of aryl methyl sites for hydroxylation is 2. The Morgan fingerprint density at radius 3 is 1.50 bits per heavy atom. The van der Waals surface area contributed by atoms with Crippen molar-refractivity contribution in [3.63, 3.8) is 0 Å². The van der Waals surface area contributed by atoms with Crippen LogP contribution in [-0.2, 0) is 4.79 Å². The van der Waals surface area contributed by atoms with Crippen molar-refractivity contribution in [1.82, 2.24) is 0 Å². The molecule has 4 rings (SSSR count). The molecule has 0 radical (unpaired) electrons. The molecule has 2 aliphatic rings. The fourth-order valence-corrected chi connectivity index (χ4v) is 4.98. The first kappa shape index (κ1) is 19.4. The number of carbonyl (C=O) groups is 1. The van der Waals surface area contributed by atoms with Crippen LogP contribution in [-0.4, -0.2) is 5.78 Å². The predicted molar refractivity (Wildman–Crippen MR) is 117 cm³/mol. The van der Waals surface area contributed by atoms with E-state index in [0.717, 1.165) is 12.8 Å². The first-order chi connectivity index (χ1) is 13.5. The van der Waals surface area contributed by atoms with Crippen LogP contribution in [0.2, 0.25) is 0 Å². The lowest BCUT2D eigenvalue weighted by atomic mass is 9.81. The second kappa shape index (κ2) is 7.85. The van der Waals surface area contributed by atoms with E-state index in [0.29, 0.717) is 29.5 Å². The molecule has 2 aromatic rings. The Morgan fingerprint density at radius 2 is 1.14 bits per heavy atom.